The topological polar surface area (TPSA) is 99.3 Å². The maximum atomic E-state index is 13.1. The van der Waals surface area contributed by atoms with E-state index in [2.05, 4.69) is 41.3 Å². The van der Waals surface area contributed by atoms with Crippen LogP contribution in [-0.2, 0) is 17.8 Å². The number of morpholine rings is 1. The number of nitrogens with zero attached hydrogens (tertiary/aromatic N) is 5. The Labute approximate surface area is 204 Å². The predicted octanol–water partition coefficient (Wildman–Crippen LogP) is 3.17. The molecule has 0 spiro atoms. The number of pyridine rings is 2. The molecule has 1 aliphatic heterocycles. The van der Waals surface area contributed by atoms with E-state index in [0.29, 0.717) is 11.4 Å². The number of nitrogens with one attached hydrogen (secondary N) is 2. The van der Waals surface area contributed by atoms with Crippen molar-refractivity contribution >= 4 is 22.5 Å². The van der Waals surface area contributed by atoms with Crippen molar-refractivity contribution in [1.29, 1.82) is 0 Å². The Bertz CT molecular complexity index is 1330. The lowest BCUT2D eigenvalue weighted by molar-refractivity contribution is 0.0341. The number of fused-ring (bicyclic) bond motifs is 1. The van der Waals surface area contributed by atoms with Crippen LogP contribution in [0.1, 0.15) is 21.6 Å². The first-order valence-corrected chi connectivity index (χ1v) is 11.7. The van der Waals surface area contributed by atoms with Crippen molar-refractivity contribution in [3.8, 4) is 11.1 Å². The Morgan fingerprint density at radius 1 is 1.03 bits per heavy atom. The monoisotopic (exact) mass is 471 g/mol. The third kappa shape index (κ3) is 5.54. The van der Waals surface area contributed by atoms with Crippen LogP contribution in [0.25, 0.3) is 22.0 Å². The fourth-order valence-corrected chi connectivity index (χ4v) is 4.31. The van der Waals surface area contributed by atoms with Gasteiger partial charge in [0.25, 0.3) is 5.91 Å². The highest BCUT2D eigenvalue weighted by Gasteiger charge is 2.16. The average molecular weight is 472 g/mol. The molecule has 0 saturated carbocycles. The molecule has 0 radical (unpaired) electrons. The molecule has 0 bridgehead atoms. The molecule has 9 heteroatoms. The summed E-state index contributed by atoms with van der Waals surface area (Å²) in [6, 6.07) is 10.0. The molecule has 1 aromatic carbocycles. The standard InChI is InChI=1S/C26H29N7O2/c1-32(2)16-19-10-22(15-28-13-19)29-26(34)25-23-11-20(3-4-24(23)30-31-25)21-9-18(12-27-14-21)17-33-5-7-35-8-6-33/h3-4,9-15H,5-8,16-17H2,1-2H3,(H,29,34)(H,30,31). The van der Waals surface area contributed by atoms with Crippen LogP contribution in [0.5, 0.6) is 0 Å². The van der Waals surface area contributed by atoms with E-state index in [4.69, 9.17) is 4.74 Å². The SMILES string of the molecule is CN(C)Cc1cncc(NC(=O)c2n[nH]c3ccc(-c4cncc(CN5CCOCC5)c4)cc23)c1. The molecule has 4 aromatic rings. The summed E-state index contributed by atoms with van der Waals surface area (Å²) in [6.45, 7) is 4.97. The molecular formula is C26H29N7O2. The minimum Gasteiger partial charge on any atom is -0.379 e. The zero-order chi connectivity index (χ0) is 24.2. The minimum atomic E-state index is -0.281. The van der Waals surface area contributed by atoms with E-state index in [1.54, 1.807) is 12.4 Å². The molecule has 1 fully saturated rings. The number of hydrogen-bond acceptors (Lipinski definition) is 7. The van der Waals surface area contributed by atoms with Gasteiger partial charge in [-0.3, -0.25) is 24.8 Å². The Morgan fingerprint density at radius 2 is 1.83 bits per heavy atom. The summed E-state index contributed by atoms with van der Waals surface area (Å²) >= 11 is 0. The number of hydrogen-bond donors (Lipinski definition) is 2. The lowest BCUT2D eigenvalue weighted by Crippen LogP contribution is -2.35. The Balaban J connectivity index is 1.37. The molecule has 0 aliphatic carbocycles. The zero-order valence-electron chi connectivity index (χ0n) is 20.0. The molecule has 9 nitrogen and oxygen atoms in total. The van der Waals surface area contributed by atoms with Crippen LogP contribution in [0.15, 0.2) is 55.1 Å². The van der Waals surface area contributed by atoms with Gasteiger partial charge in [0.2, 0.25) is 0 Å². The normalized spacial score (nSPS) is 14.5. The number of ether oxygens (including phenoxy) is 1. The smallest absolute Gasteiger partial charge is 0.276 e. The summed E-state index contributed by atoms with van der Waals surface area (Å²) < 4.78 is 5.45. The van der Waals surface area contributed by atoms with Gasteiger partial charge >= 0.3 is 0 Å². The Kier molecular flexibility index (Phi) is 6.80. The molecule has 180 valence electrons. The van der Waals surface area contributed by atoms with Crippen molar-refractivity contribution in [1.82, 2.24) is 30.0 Å². The number of anilines is 1. The largest absolute Gasteiger partial charge is 0.379 e. The second-order valence-electron chi connectivity index (χ2n) is 9.08. The highest BCUT2D eigenvalue weighted by molar-refractivity contribution is 6.11. The van der Waals surface area contributed by atoms with Crippen LogP contribution >= 0.6 is 0 Å². The van der Waals surface area contributed by atoms with Gasteiger partial charge in [-0.05, 0) is 55.1 Å². The van der Waals surface area contributed by atoms with Crippen molar-refractivity contribution in [2.45, 2.75) is 13.1 Å². The van der Waals surface area contributed by atoms with Crippen LogP contribution in [0.3, 0.4) is 0 Å². The zero-order valence-corrected chi connectivity index (χ0v) is 20.0. The van der Waals surface area contributed by atoms with Gasteiger partial charge in [-0.25, -0.2) is 0 Å². The third-order valence-electron chi connectivity index (χ3n) is 5.97. The number of carbonyl (C=O) groups is 1. The van der Waals surface area contributed by atoms with Crippen LogP contribution in [0.2, 0.25) is 0 Å². The van der Waals surface area contributed by atoms with E-state index >= 15 is 0 Å². The van der Waals surface area contributed by atoms with Crippen LogP contribution < -0.4 is 5.32 Å². The van der Waals surface area contributed by atoms with Gasteiger partial charge in [-0.1, -0.05) is 6.07 Å². The van der Waals surface area contributed by atoms with Crippen molar-refractivity contribution in [3.05, 3.63) is 71.9 Å². The molecule has 0 unspecified atom stereocenters. The maximum Gasteiger partial charge on any atom is 0.276 e. The third-order valence-corrected chi connectivity index (χ3v) is 5.97. The Hall–Kier alpha value is -3.66. The van der Waals surface area contributed by atoms with Crippen molar-refractivity contribution in [2.75, 3.05) is 45.7 Å². The second-order valence-corrected chi connectivity index (χ2v) is 9.08. The van der Waals surface area contributed by atoms with E-state index in [0.717, 1.165) is 72.5 Å². The van der Waals surface area contributed by atoms with E-state index in [-0.39, 0.29) is 5.91 Å². The van der Waals surface area contributed by atoms with E-state index < -0.39 is 0 Å². The average Bonchev–Trinajstić information content (AvgIpc) is 3.28. The number of rotatable bonds is 7. The summed E-state index contributed by atoms with van der Waals surface area (Å²) in [6.07, 6.45) is 7.20. The summed E-state index contributed by atoms with van der Waals surface area (Å²) in [7, 11) is 3.99. The fourth-order valence-electron chi connectivity index (χ4n) is 4.31. The maximum absolute atomic E-state index is 13.1. The fraction of sp³-hybridized carbons (Fsp3) is 0.308. The number of aromatic amines is 1. The molecule has 2 N–H and O–H groups in total. The van der Waals surface area contributed by atoms with Crippen LogP contribution in [0.4, 0.5) is 5.69 Å². The molecule has 4 heterocycles. The molecular weight excluding hydrogens is 442 g/mol. The van der Waals surface area contributed by atoms with E-state index in [9.17, 15) is 4.79 Å². The van der Waals surface area contributed by atoms with Gasteiger partial charge < -0.3 is 15.0 Å². The summed E-state index contributed by atoms with van der Waals surface area (Å²) in [5, 5.41) is 11.0. The lowest BCUT2D eigenvalue weighted by Gasteiger charge is -2.26. The van der Waals surface area contributed by atoms with Crippen LogP contribution in [-0.4, -0.2) is 76.3 Å². The van der Waals surface area contributed by atoms with Crippen molar-refractivity contribution in [3.63, 3.8) is 0 Å². The number of H-pyrrole nitrogens is 1. The van der Waals surface area contributed by atoms with E-state index in [1.807, 2.05) is 50.8 Å². The second kappa shape index (κ2) is 10.3. The van der Waals surface area contributed by atoms with Gasteiger partial charge in [0.05, 0.1) is 30.6 Å². The van der Waals surface area contributed by atoms with Gasteiger partial charge in [-0.15, -0.1) is 0 Å². The van der Waals surface area contributed by atoms with E-state index in [1.165, 1.54) is 0 Å². The van der Waals surface area contributed by atoms with Crippen molar-refractivity contribution in [2.24, 2.45) is 0 Å². The first-order chi connectivity index (χ1) is 17.0. The number of aromatic nitrogens is 4. The minimum absolute atomic E-state index is 0.281. The molecule has 1 saturated heterocycles. The predicted molar refractivity (Wildman–Crippen MR) is 135 cm³/mol. The first kappa shape index (κ1) is 23.1. The van der Waals surface area contributed by atoms with Gasteiger partial charge in [0, 0.05) is 55.7 Å². The van der Waals surface area contributed by atoms with Crippen molar-refractivity contribution < 1.29 is 9.53 Å². The molecule has 1 amide bonds. The summed E-state index contributed by atoms with van der Waals surface area (Å²) in [5.41, 5.74) is 5.95. The number of carbonyl (C=O) groups excluding carboxylic acids is 1. The molecule has 0 atom stereocenters. The highest BCUT2D eigenvalue weighted by Crippen LogP contribution is 2.26. The molecule has 5 rings (SSSR count). The lowest BCUT2D eigenvalue weighted by atomic mass is 10.0. The van der Waals surface area contributed by atoms with Gasteiger partial charge in [0.1, 0.15) is 0 Å². The van der Waals surface area contributed by atoms with Crippen LogP contribution in [0, 0.1) is 0 Å². The number of benzene rings is 1. The number of amides is 1. The molecule has 1 aliphatic rings. The Morgan fingerprint density at radius 3 is 2.66 bits per heavy atom. The molecule has 35 heavy (non-hydrogen) atoms. The summed E-state index contributed by atoms with van der Waals surface area (Å²) in [5.74, 6) is -0.281. The first-order valence-electron chi connectivity index (χ1n) is 11.7. The van der Waals surface area contributed by atoms with Gasteiger partial charge in [-0.2, -0.15) is 5.10 Å². The molecule has 3 aromatic heterocycles. The highest BCUT2D eigenvalue weighted by atomic mass is 16.5. The quantitative estimate of drug-likeness (QED) is 0.427. The van der Waals surface area contributed by atoms with Gasteiger partial charge in [0.15, 0.2) is 5.69 Å². The summed E-state index contributed by atoms with van der Waals surface area (Å²) in [4.78, 5) is 26.2.